The molecule has 0 radical (unpaired) electrons. The highest BCUT2D eigenvalue weighted by molar-refractivity contribution is 14.0. The van der Waals surface area contributed by atoms with Crippen LogP contribution in [0.5, 0.6) is 0 Å². The summed E-state index contributed by atoms with van der Waals surface area (Å²) in [6.07, 6.45) is 1.66. The normalized spacial score (nSPS) is 15.5. The Kier molecular flexibility index (Phi) is 10.1. The number of rotatable bonds is 6. The second-order valence-corrected chi connectivity index (χ2v) is 8.01. The number of aliphatic imine (C=N–C) groups is 1. The van der Waals surface area contributed by atoms with Crippen LogP contribution < -0.4 is 5.32 Å². The number of piperidine rings is 1. The van der Waals surface area contributed by atoms with Gasteiger partial charge in [0.15, 0.2) is 5.96 Å². The molecule has 1 saturated heterocycles. The standard InChI is InChI=1S/C24H34N4O.HI/c1-19-6-4-5-7-22(19)18-27(3)24(25-2)26-16-20-8-10-21(11-9-20)17-28-14-12-23(29)13-15-28;/h4-11,23,29H,12-18H2,1-3H3,(H,25,26);1H. The maximum absolute atomic E-state index is 9.64. The number of aliphatic hydroxyl groups is 1. The zero-order valence-electron chi connectivity index (χ0n) is 18.3. The molecule has 0 spiro atoms. The Hall–Kier alpha value is -1.64. The average Bonchev–Trinajstić information content (AvgIpc) is 2.73. The first-order valence-electron chi connectivity index (χ1n) is 10.5. The van der Waals surface area contributed by atoms with Gasteiger partial charge >= 0.3 is 0 Å². The largest absolute Gasteiger partial charge is 0.393 e. The fraction of sp³-hybridized carbons (Fsp3) is 0.458. The molecular formula is C24H35IN4O. The second-order valence-electron chi connectivity index (χ2n) is 8.01. The van der Waals surface area contributed by atoms with E-state index in [9.17, 15) is 5.11 Å². The first kappa shape index (κ1) is 24.6. The van der Waals surface area contributed by atoms with Crippen LogP contribution in [0.2, 0.25) is 0 Å². The van der Waals surface area contributed by atoms with Crippen LogP contribution in [-0.4, -0.2) is 54.2 Å². The van der Waals surface area contributed by atoms with Crippen molar-refractivity contribution in [2.45, 2.75) is 45.5 Å². The lowest BCUT2D eigenvalue weighted by Crippen LogP contribution is -2.38. The molecule has 0 atom stereocenters. The van der Waals surface area contributed by atoms with Gasteiger partial charge in [0.05, 0.1) is 6.10 Å². The summed E-state index contributed by atoms with van der Waals surface area (Å²) in [5.41, 5.74) is 5.18. The third-order valence-electron chi connectivity index (χ3n) is 5.68. The van der Waals surface area contributed by atoms with Gasteiger partial charge in [-0.1, -0.05) is 48.5 Å². The van der Waals surface area contributed by atoms with E-state index < -0.39 is 0 Å². The predicted molar refractivity (Wildman–Crippen MR) is 135 cm³/mol. The lowest BCUT2D eigenvalue weighted by Gasteiger charge is -2.29. The minimum atomic E-state index is -0.113. The van der Waals surface area contributed by atoms with Gasteiger partial charge in [0, 0.05) is 46.8 Å². The number of likely N-dealkylation sites (tertiary alicyclic amines) is 1. The summed E-state index contributed by atoms with van der Waals surface area (Å²) < 4.78 is 0. The molecule has 2 aromatic carbocycles. The zero-order valence-corrected chi connectivity index (χ0v) is 20.7. The van der Waals surface area contributed by atoms with Crippen molar-refractivity contribution in [3.63, 3.8) is 0 Å². The van der Waals surface area contributed by atoms with Crippen molar-refractivity contribution in [2.75, 3.05) is 27.2 Å². The molecule has 1 heterocycles. The van der Waals surface area contributed by atoms with E-state index in [-0.39, 0.29) is 30.1 Å². The molecule has 3 rings (SSSR count). The van der Waals surface area contributed by atoms with Gasteiger partial charge in [0.2, 0.25) is 0 Å². The van der Waals surface area contributed by atoms with Crippen molar-refractivity contribution in [1.82, 2.24) is 15.1 Å². The summed E-state index contributed by atoms with van der Waals surface area (Å²) in [5.74, 6) is 0.893. The van der Waals surface area contributed by atoms with Crippen molar-refractivity contribution >= 4 is 29.9 Å². The summed E-state index contributed by atoms with van der Waals surface area (Å²) in [5, 5.41) is 13.1. The van der Waals surface area contributed by atoms with Crippen LogP contribution in [0.25, 0.3) is 0 Å². The van der Waals surface area contributed by atoms with Crippen molar-refractivity contribution in [2.24, 2.45) is 4.99 Å². The maximum atomic E-state index is 9.64. The van der Waals surface area contributed by atoms with E-state index in [2.05, 4.69) is 82.6 Å². The van der Waals surface area contributed by atoms with E-state index in [0.717, 1.165) is 51.5 Å². The number of nitrogens with one attached hydrogen (secondary N) is 1. The van der Waals surface area contributed by atoms with Crippen LogP contribution in [0.3, 0.4) is 0 Å². The zero-order chi connectivity index (χ0) is 20.6. The number of nitrogens with zero attached hydrogens (tertiary/aromatic N) is 3. The molecule has 1 fully saturated rings. The van der Waals surface area contributed by atoms with E-state index in [1.165, 1.54) is 22.3 Å². The molecule has 0 saturated carbocycles. The number of hydrogen-bond donors (Lipinski definition) is 2. The highest BCUT2D eigenvalue weighted by Gasteiger charge is 2.16. The molecule has 1 aliphatic heterocycles. The van der Waals surface area contributed by atoms with E-state index >= 15 is 0 Å². The Morgan fingerprint density at radius 1 is 1.10 bits per heavy atom. The highest BCUT2D eigenvalue weighted by atomic mass is 127. The second kappa shape index (κ2) is 12.3. The third-order valence-corrected chi connectivity index (χ3v) is 5.68. The molecule has 164 valence electrons. The van der Waals surface area contributed by atoms with E-state index in [4.69, 9.17) is 0 Å². The summed E-state index contributed by atoms with van der Waals surface area (Å²) in [4.78, 5) is 9.01. The molecule has 0 unspecified atom stereocenters. The van der Waals surface area contributed by atoms with E-state index in [0.29, 0.717) is 0 Å². The quantitative estimate of drug-likeness (QED) is 0.345. The molecule has 1 aliphatic rings. The monoisotopic (exact) mass is 522 g/mol. The lowest BCUT2D eigenvalue weighted by atomic mass is 10.1. The topological polar surface area (TPSA) is 51.1 Å². The van der Waals surface area contributed by atoms with E-state index in [1.54, 1.807) is 0 Å². The summed E-state index contributed by atoms with van der Waals surface area (Å²) in [6, 6.07) is 17.3. The number of guanidine groups is 1. The highest BCUT2D eigenvalue weighted by Crippen LogP contribution is 2.14. The first-order valence-corrected chi connectivity index (χ1v) is 10.5. The minimum absolute atomic E-state index is 0. The van der Waals surface area contributed by atoms with Crippen LogP contribution in [0, 0.1) is 6.92 Å². The van der Waals surface area contributed by atoms with Gasteiger partial charge in [-0.05, 0) is 42.0 Å². The summed E-state index contributed by atoms with van der Waals surface area (Å²) in [6.45, 7) is 6.65. The Morgan fingerprint density at radius 2 is 1.73 bits per heavy atom. The van der Waals surface area contributed by atoms with Crippen molar-refractivity contribution in [3.05, 3.63) is 70.8 Å². The van der Waals surface area contributed by atoms with E-state index in [1.807, 2.05) is 7.05 Å². The molecule has 0 amide bonds. The van der Waals surface area contributed by atoms with Crippen molar-refractivity contribution in [3.8, 4) is 0 Å². The molecule has 2 aromatic rings. The Bertz CT molecular complexity index is 801. The summed E-state index contributed by atoms with van der Waals surface area (Å²) >= 11 is 0. The van der Waals surface area contributed by atoms with Crippen LogP contribution in [0.4, 0.5) is 0 Å². The van der Waals surface area contributed by atoms with Gasteiger partial charge < -0.3 is 15.3 Å². The van der Waals surface area contributed by atoms with Crippen LogP contribution in [-0.2, 0) is 19.6 Å². The van der Waals surface area contributed by atoms with Crippen molar-refractivity contribution < 1.29 is 5.11 Å². The summed E-state index contributed by atoms with van der Waals surface area (Å²) in [7, 11) is 3.90. The molecule has 5 nitrogen and oxygen atoms in total. The number of hydrogen-bond acceptors (Lipinski definition) is 3. The van der Waals surface area contributed by atoms with Gasteiger partial charge in [-0.15, -0.1) is 24.0 Å². The number of aryl methyl sites for hydroxylation is 1. The van der Waals surface area contributed by atoms with Gasteiger partial charge in [-0.25, -0.2) is 0 Å². The maximum Gasteiger partial charge on any atom is 0.193 e. The fourth-order valence-corrected chi connectivity index (χ4v) is 3.78. The minimum Gasteiger partial charge on any atom is -0.393 e. The van der Waals surface area contributed by atoms with Gasteiger partial charge in [-0.2, -0.15) is 0 Å². The number of benzene rings is 2. The molecule has 30 heavy (non-hydrogen) atoms. The van der Waals surface area contributed by atoms with Gasteiger partial charge in [0.25, 0.3) is 0 Å². The Balaban J connectivity index is 0.00000320. The lowest BCUT2D eigenvalue weighted by molar-refractivity contribution is 0.0792. The van der Waals surface area contributed by atoms with Gasteiger partial charge in [-0.3, -0.25) is 9.89 Å². The van der Waals surface area contributed by atoms with Gasteiger partial charge in [0.1, 0.15) is 0 Å². The molecular weight excluding hydrogens is 487 g/mol. The first-order chi connectivity index (χ1) is 14.0. The smallest absolute Gasteiger partial charge is 0.193 e. The molecule has 0 aromatic heterocycles. The molecule has 0 bridgehead atoms. The predicted octanol–water partition coefficient (Wildman–Crippen LogP) is 3.78. The van der Waals surface area contributed by atoms with Crippen LogP contribution >= 0.6 is 24.0 Å². The SMILES string of the molecule is CN=C(NCc1ccc(CN2CCC(O)CC2)cc1)N(C)Cc1ccccc1C.I. The molecule has 0 aliphatic carbocycles. The third kappa shape index (κ3) is 7.25. The fourth-order valence-electron chi connectivity index (χ4n) is 3.78. The Labute approximate surface area is 198 Å². The average molecular weight is 522 g/mol. The Morgan fingerprint density at radius 3 is 2.37 bits per heavy atom. The molecule has 6 heteroatoms. The number of aliphatic hydroxyl groups excluding tert-OH is 1. The van der Waals surface area contributed by atoms with Crippen LogP contribution in [0.15, 0.2) is 53.5 Å². The number of halogens is 1. The molecule has 2 N–H and O–H groups in total. The van der Waals surface area contributed by atoms with Crippen LogP contribution in [0.1, 0.15) is 35.1 Å². The van der Waals surface area contributed by atoms with Crippen molar-refractivity contribution in [1.29, 1.82) is 0 Å².